The molecule has 0 bridgehead atoms. The fourth-order valence-electron chi connectivity index (χ4n) is 1.33. The molecule has 0 saturated heterocycles. The van der Waals surface area contributed by atoms with Crippen molar-refractivity contribution in [3.63, 3.8) is 0 Å². The van der Waals surface area contributed by atoms with Gasteiger partial charge in [-0.15, -0.1) is 12.6 Å². The smallest absolute Gasteiger partial charge is 0.252 e. The summed E-state index contributed by atoms with van der Waals surface area (Å²) in [5, 5.41) is 11.3. The van der Waals surface area contributed by atoms with Crippen molar-refractivity contribution in [2.24, 2.45) is 0 Å². The van der Waals surface area contributed by atoms with Crippen LogP contribution in [0.15, 0.2) is 27.6 Å². The van der Waals surface area contributed by atoms with Gasteiger partial charge in [0.2, 0.25) is 0 Å². The van der Waals surface area contributed by atoms with Crippen molar-refractivity contribution in [1.29, 1.82) is 0 Å². The van der Waals surface area contributed by atoms with Crippen LogP contribution in [0.3, 0.4) is 0 Å². The highest BCUT2D eigenvalue weighted by Gasteiger charge is 2.09. The van der Waals surface area contributed by atoms with Gasteiger partial charge in [0.1, 0.15) is 0 Å². The van der Waals surface area contributed by atoms with Crippen molar-refractivity contribution < 1.29 is 14.6 Å². The number of halogens is 1. The van der Waals surface area contributed by atoms with E-state index in [1.54, 1.807) is 12.1 Å². The lowest BCUT2D eigenvalue weighted by atomic mass is 10.2. The van der Waals surface area contributed by atoms with Crippen LogP contribution in [0.2, 0.25) is 0 Å². The maximum Gasteiger partial charge on any atom is 0.252 e. The topological polar surface area (TPSA) is 58.6 Å². The molecule has 0 aliphatic heterocycles. The second kappa shape index (κ2) is 8.53. The average molecular weight is 334 g/mol. The first-order chi connectivity index (χ1) is 8.65. The predicted octanol–water partition coefficient (Wildman–Crippen LogP) is 1.87. The number of thiol groups is 1. The van der Waals surface area contributed by atoms with E-state index in [0.717, 1.165) is 9.37 Å². The first-order valence-electron chi connectivity index (χ1n) is 5.60. The zero-order valence-corrected chi connectivity index (χ0v) is 12.3. The van der Waals surface area contributed by atoms with Gasteiger partial charge < -0.3 is 15.2 Å². The SMILES string of the molecule is O=C(NCCCOCCO)c1cc(S)ccc1Br. The Morgan fingerprint density at radius 1 is 1.44 bits per heavy atom. The molecule has 0 spiro atoms. The summed E-state index contributed by atoms with van der Waals surface area (Å²) in [6.07, 6.45) is 0.712. The summed E-state index contributed by atoms with van der Waals surface area (Å²) in [5.41, 5.74) is 0.568. The van der Waals surface area contributed by atoms with Crippen LogP contribution in [-0.4, -0.2) is 37.4 Å². The second-order valence-corrected chi connectivity index (χ2v) is 4.98. The number of carbonyl (C=O) groups is 1. The Balaban J connectivity index is 2.34. The first kappa shape index (κ1) is 15.5. The zero-order chi connectivity index (χ0) is 13.4. The van der Waals surface area contributed by atoms with Crippen LogP contribution in [-0.2, 0) is 4.74 Å². The molecule has 0 heterocycles. The summed E-state index contributed by atoms with van der Waals surface area (Å²) in [5.74, 6) is -0.139. The highest BCUT2D eigenvalue weighted by atomic mass is 79.9. The van der Waals surface area contributed by atoms with Crippen LogP contribution in [0, 0.1) is 0 Å². The van der Waals surface area contributed by atoms with Gasteiger partial charge in [0.15, 0.2) is 0 Å². The number of hydrogen-bond acceptors (Lipinski definition) is 4. The molecule has 100 valence electrons. The molecule has 0 atom stereocenters. The van der Waals surface area contributed by atoms with Gasteiger partial charge in [-0.25, -0.2) is 0 Å². The highest BCUT2D eigenvalue weighted by Crippen LogP contribution is 2.19. The number of nitrogens with one attached hydrogen (secondary N) is 1. The van der Waals surface area contributed by atoms with Crippen LogP contribution >= 0.6 is 28.6 Å². The molecule has 4 nitrogen and oxygen atoms in total. The molecule has 1 rings (SSSR count). The molecule has 1 amide bonds. The number of ether oxygens (including phenoxy) is 1. The minimum Gasteiger partial charge on any atom is -0.394 e. The number of benzene rings is 1. The Morgan fingerprint density at radius 2 is 2.22 bits per heavy atom. The largest absolute Gasteiger partial charge is 0.394 e. The molecule has 0 fully saturated rings. The summed E-state index contributed by atoms with van der Waals surface area (Å²) in [7, 11) is 0. The van der Waals surface area contributed by atoms with Gasteiger partial charge in [-0.05, 0) is 40.5 Å². The predicted molar refractivity (Wildman–Crippen MR) is 76.2 cm³/mol. The third kappa shape index (κ3) is 5.39. The van der Waals surface area contributed by atoms with Crippen molar-refractivity contribution in [3.05, 3.63) is 28.2 Å². The van der Waals surface area contributed by atoms with Crippen molar-refractivity contribution in [2.75, 3.05) is 26.4 Å². The van der Waals surface area contributed by atoms with Gasteiger partial charge in [0.25, 0.3) is 5.91 Å². The van der Waals surface area contributed by atoms with Crippen molar-refractivity contribution in [1.82, 2.24) is 5.32 Å². The number of rotatable bonds is 7. The van der Waals surface area contributed by atoms with Crippen LogP contribution < -0.4 is 5.32 Å². The molecular formula is C12H16BrNO3S. The third-order valence-electron chi connectivity index (χ3n) is 2.18. The fourth-order valence-corrected chi connectivity index (χ4v) is 1.96. The number of hydrogen-bond donors (Lipinski definition) is 3. The maximum atomic E-state index is 11.9. The zero-order valence-electron chi connectivity index (χ0n) is 9.86. The van der Waals surface area contributed by atoms with Gasteiger partial charge in [0.05, 0.1) is 18.8 Å². The summed E-state index contributed by atoms with van der Waals surface area (Å²) < 4.78 is 5.84. The van der Waals surface area contributed by atoms with Gasteiger partial charge in [-0.2, -0.15) is 0 Å². The van der Waals surface area contributed by atoms with Crippen LogP contribution in [0.4, 0.5) is 0 Å². The van der Waals surface area contributed by atoms with E-state index in [4.69, 9.17) is 9.84 Å². The molecular weight excluding hydrogens is 318 g/mol. The van der Waals surface area contributed by atoms with E-state index in [-0.39, 0.29) is 12.5 Å². The Bertz CT molecular complexity index is 401. The Morgan fingerprint density at radius 3 is 2.94 bits per heavy atom. The summed E-state index contributed by atoms with van der Waals surface area (Å²) in [4.78, 5) is 12.6. The van der Waals surface area contributed by atoms with Crippen LogP contribution in [0.1, 0.15) is 16.8 Å². The van der Waals surface area contributed by atoms with E-state index in [9.17, 15) is 4.79 Å². The molecule has 1 aromatic carbocycles. The monoisotopic (exact) mass is 333 g/mol. The van der Waals surface area contributed by atoms with Crippen LogP contribution in [0.25, 0.3) is 0 Å². The quantitative estimate of drug-likeness (QED) is 0.527. The Hall–Kier alpha value is -0.560. The van der Waals surface area contributed by atoms with E-state index in [0.29, 0.717) is 31.7 Å². The van der Waals surface area contributed by atoms with E-state index in [1.807, 2.05) is 6.07 Å². The Labute approximate surface area is 120 Å². The molecule has 0 aliphatic rings. The molecule has 1 aromatic rings. The van der Waals surface area contributed by atoms with Gasteiger partial charge in [-0.1, -0.05) is 0 Å². The average Bonchev–Trinajstić information content (AvgIpc) is 2.36. The van der Waals surface area contributed by atoms with Gasteiger partial charge in [-0.3, -0.25) is 4.79 Å². The second-order valence-electron chi connectivity index (χ2n) is 3.61. The maximum absolute atomic E-state index is 11.9. The lowest BCUT2D eigenvalue weighted by Gasteiger charge is -2.07. The fraction of sp³-hybridized carbons (Fsp3) is 0.417. The number of aliphatic hydroxyl groups is 1. The highest BCUT2D eigenvalue weighted by molar-refractivity contribution is 9.10. The molecule has 0 aliphatic carbocycles. The first-order valence-corrected chi connectivity index (χ1v) is 6.84. The lowest BCUT2D eigenvalue weighted by molar-refractivity contribution is 0.0867. The van der Waals surface area contributed by atoms with Gasteiger partial charge >= 0.3 is 0 Å². The van der Waals surface area contributed by atoms with E-state index >= 15 is 0 Å². The number of carbonyl (C=O) groups excluding carboxylic acids is 1. The molecule has 6 heteroatoms. The number of amides is 1. The number of aliphatic hydroxyl groups excluding tert-OH is 1. The molecule has 0 radical (unpaired) electrons. The normalized spacial score (nSPS) is 10.4. The van der Waals surface area contributed by atoms with Crippen molar-refractivity contribution in [2.45, 2.75) is 11.3 Å². The summed E-state index contributed by atoms with van der Waals surface area (Å²) in [6.45, 7) is 1.41. The minimum absolute atomic E-state index is 0.0219. The molecule has 0 unspecified atom stereocenters. The molecule has 18 heavy (non-hydrogen) atoms. The molecule has 0 aromatic heterocycles. The minimum atomic E-state index is -0.139. The van der Waals surface area contributed by atoms with Crippen molar-refractivity contribution in [3.8, 4) is 0 Å². The summed E-state index contributed by atoms with van der Waals surface area (Å²) >= 11 is 7.53. The molecule has 2 N–H and O–H groups in total. The van der Waals surface area contributed by atoms with Gasteiger partial charge in [0, 0.05) is 22.5 Å². The van der Waals surface area contributed by atoms with Crippen LogP contribution in [0.5, 0.6) is 0 Å². The standard InChI is InChI=1S/C12H16BrNO3S/c13-11-3-2-9(18)8-10(11)12(16)14-4-1-6-17-7-5-15/h2-3,8,15,18H,1,4-7H2,(H,14,16). The third-order valence-corrected chi connectivity index (χ3v) is 3.15. The van der Waals surface area contributed by atoms with E-state index in [2.05, 4.69) is 33.9 Å². The van der Waals surface area contributed by atoms with E-state index in [1.165, 1.54) is 0 Å². The Kier molecular flexibility index (Phi) is 7.34. The van der Waals surface area contributed by atoms with Crippen molar-refractivity contribution >= 4 is 34.5 Å². The lowest BCUT2D eigenvalue weighted by Crippen LogP contribution is -2.25. The summed E-state index contributed by atoms with van der Waals surface area (Å²) in [6, 6.07) is 5.32. The van der Waals surface area contributed by atoms with E-state index < -0.39 is 0 Å². The molecule has 0 saturated carbocycles.